The van der Waals surface area contributed by atoms with Crippen LogP contribution in [0.4, 0.5) is 13.2 Å². The van der Waals surface area contributed by atoms with Crippen molar-refractivity contribution in [1.82, 2.24) is 4.57 Å². The van der Waals surface area contributed by atoms with Gasteiger partial charge >= 0.3 is 12.3 Å². The SMILES string of the molecule is CCCC[C@H](C(=O)O)c1c(C)n(C(=O)c2ccc(OC(F)(F)F)cc2)c2ccc(O)cc12. The summed E-state index contributed by atoms with van der Waals surface area (Å²) in [6.45, 7) is 3.56. The highest BCUT2D eigenvalue weighted by atomic mass is 19.4. The molecule has 1 atom stereocenters. The van der Waals surface area contributed by atoms with Crippen molar-refractivity contribution in [3.63, 3.8) is 0 Å². The molecule has 2 N–H and O–H groups in total. The molecule has 2 aromatic carbocycles. The molecule has 0 fully saturated rings. The summed E-state index contributed by atoms with van der Waals surface area (Å²) in [5.41, 5.74) is 1.33. The molecule has 0 aliphatic carbocycles. The van der Waals surface area contributed by atoms with E-state index in [1.165, 1.54) is 34.9 Å². The van der Waals surface area contributed by atoms with Crippen LogP contribution in [-0.2, 0) is 4.79 Å². The summed E-state index contributed by atoms with van der Waals surface area (Å²) in [5.74, 6) is -2.99. The van der Waals surface area contributed by atoms with Crippen LogP contribution in [-0.4, -0.2) is 33.0 Å². The maximum absolute atomic E-state index is 13.3. The zero-order valence-corrected chi connectivity index (χ0v) is 17.4. The Labute approximate surface area is 181 Å². The van der Waals surface area contributed by atoms with E-state index in [2.05, 4.69) is 4.74 Å². The average Bonchev–Trinajstić information content (AvgIpc) is 2.98. The van der Waals surface area contributed by atoms with E-state index in [0.29, 0.717) is 35.0 Å². The number of carboxylic acids is 1. The zero-order chi connectivity index (χ0) is 23.6. The number of phenolic OH excluding ortho intramolecular Hbond substituents is 1. The van der Waals surface area contributed by atoms with Crippen molar-refractivity contribution in [2.24, 2.45) is 0 Å². The highest BCUT2D eigenvalue weighted by Crippen LogP contribution is 2.37. The monoisotopic (exact) mass is 449 g/mol. The summed E-state index contributed by atoms with van der Waals surface area (Å²) in [4.78, 5) is 25.3. The second-order valence-corrected chi connectivity index (χ2v) is 7.45. The lowest BCUT2D eigenvalue weighted by atomic mass is 9.91. The number of hydrogen-bond acceptors (Lipinski definition) is 4. The molecule has 0 bridgehead atoms. The van der Waals surface area contributed by atoms with E-state index in [1.54, 1.807) is 6.92 Å². The molecule has 0 amide bonds. The number of benzene rings is 2. The molecular formula is C23H22F3NO5. The van der Waals surface area contributed by atoms with E-state index in [1.807, 2.05) is 6.92 Å². The van der Waals surface area contributed by atoms with Crippen molar-refractivity contribution >= 4 is 22.8 Å². The number of ether oxygens (including phenoxy) is 1. The van der Waals surface area contributed by atoms with Gasteiger partial charge in [0.15, 0.2) is 0 Å². The molecule has 9 heteroatoms. The number of carbonyl (C=O) groups excluding carboxylic acids is 1. The fourth-order valence-electron chi connectivity index (χ4n) is 3.86. The van der Waals surface area contributed by atoms with E-state index in [4.69, 9.17) is 0 Å². The van der Waals surface area contributed by atoms with E-state index < -0.39 is 29.9 Å². The van der Waals surface area contributed by atoms with Crippen molar-refractivity contribution in [1.29, 1.82) is 0 Å². The lowest BCUT2D eigenvalue weighted by molar-refractivity contribution is -0.274. The minimum atomic E-state index is -4.85. The summed E-state index contributed by atoms with van der Waals surface area (Å²) in [6.07, 6.45) is -3.03. The van der Waals surface area contributed by atoms with Crippen molar-refractivity contribution in [3.05, 3.63) is 59.3 Å². The molecule has 1 heterocycles. The molecule has 0 unspecified atom stereocenters. The number of fused-ring (bicyclic) bond motifs is 1. The first-order valence-corrected chi connectivity index (χ1v) is 10.0. The number of aliphatic carboxylic acids is 1. The number of unbranched alkanes of at least 4 members (excludes halogenated alkanes) is 1. The van der Waals surface area contributed by atoms with Gasteiger partial charge in [-0.2, -0.15) is 0 Å². The van der Waals surface area contributed by atoms with Crippen LogP contribution < -0.4 is 4.74 Å². The molecule has 0 aliphatic heterocycles. The number of alkyl halides is 3. The first-order chi connectivity index (χ1) is 15.0. The van der Waals surface area contributed by atoms with Gasteiger partial charge in [0.2, 0.25) is 0 Å². The van der Waals surface area contributed by atoms with E-state index in [9.17, 15) is 33.0 Å². The van der Waals surface area contributed by atoms with Gasteiger partial charge in [0, 0.05) is 16.6 Å². The van der Waals surface area contributed by atoms with Crippen molar-refractivity contribution in [2.45, 2.75) is 45.4 Å². The smallest absolute Gasteiger partial charge is 0.508 e. The highest BCUT2D eigenvalue weighted by molar-refractivity contribution is 6.05. The molecular weight excluding hydrogens is 427 g/mol. The fraction of sp³-hybridized carbons (Fsp3) is 0.304. The Kier molecular flexibility index (Phi) is 6.47. The van der Waals surface area contributed by atoms with Gasteiger partial charge in [-0.25, -0.2) is 0 Å². The van der Waals surface area contributed by atoms with Gasteiger partial charge in [0.1, 0.15) is 11.5 Å². The quantitative estimate of drug-likeness (QED) is 0.490. The lowest BCUT2D eigenvalue weighted by Gasteiger charge is -2.14. The van der Waals surface area contributed by atoms with Crippen LogP contribution in [0.1, 0.15) is 53.7 Å². The Bertz CT molecular complexity index is 1150. The van der Waals surface area contributed by atoms with Crippen molar-refractivity contribution < 1.29 is 37.7 Å². The van der Waals surface area contributed by atoms with Crippen LogP contribution in [0.5, 0.6) is 11.5 Å². The summed E-state index contributed by atoms with van der Waals surface area (Å²) in [7, 11) is 0. The van der Waals surface area contributed by atoms with E-state index in [-0.39, 0.29) is 11.3 Å². The van der Waals surface area contributed by atoms with Crippen LogP contribution in [0.3, 0.4) is 0 Å². The normalized spacial score (nSPS) is 12.7. The van der Waals surface area contributed by atoms with Crippen LogP contribution in [0.2, 0.25) is 0 Å². The molecule has 0 spiro atoms. The van der Waals surface area contributed by atoms with E-state index >= 15 is 0 Å². The highest BCUT2D eigenvalue weighted by Gasteiger charge is 2.32. The predicted molar refractivity (Wildman–Crippen MR) is 111 cm³/mol. The molecule has 3 rings (SSSR count). The first-order valence-electron chi connectivity index (χ1n) is 10.0. The number of carboxylic acid groups (broad SMARTS) is 1. The largest absolute Gasteiger partial charge is 0.573 e. The van der Waals surface area contributed by atoms with Crippen molar-refractivity contribution in [2.75, 3.05) is 0 Å². The summed E-state index contributed by atoms with van der Waals surface area (Å²) in [6, 6.07) is 8.81. The second kappa shape index (κ2) is 8.94. The Balaban J connectivity index is 2.11. The van der Waals surface area contributed by atoms with E-state index in [0.717, 1.165) is 18.6 Å². The molecule has 170 valence electrons. The number of rotatable bonds is 7. The maximum atomic E-state index is 13.3. The Morgan fingerprint density at radius 1 is 1.12 bits per heavy atom. The number of carbonyl (C=O) groups is 2. The molecule has 32 heavy (non-hydrogen) atoms. The second-order valence-electron chi connectivity index (χ2n) is 7.45. The third-order valence-electron chi connectivity index (χ3n) is 5.27. The number of aromatic nitrogens is 1. The fourth-order valence-corrected chi connectivity index (χ4v) is 3.86. The Morgan fingerprint density at radius 3 is 2.34 bits per heavy atom. The third kappa shape index (κ3) is 4.71. The predicted octanol–water partition coefficient (Wildman–Crippen LogP) is 5.60. The molecule has 3 aromatic rings. The third-order valence-corrected chi connectivity index (χ3v) is 5.27. The number of phenols is 1. The Hall–Kier alpha value is -3.49. The van der Waals surface area contributed by atoms with Crippen LogP contribution in [0.15, 0.2) is 42.5 Å². The topological polar surface area (TPSA) is 88.8 Å². The van der Waals surface area contributed by atoms with Crippen molar-refractivity contribution in [3.8, 4) is 11.5 Å². The van der Waals surface area contributed by atoms with Gasteiger partial charge in [-0.05, 0) is 61.4 Å². The van der Waals surface area contributed by atoms with Crippen LogP contribution >= 0.6 is 0 Å². The Morgan fingerprint density at radius 2 is 1.78 bits per heavy atom. The first kappa shape index (κ1) is 23.2. The van der Waals surface area contributed by atoms with Gasteiger partial charge in [-0.15, -0.1) is 13.2 Å². The number of nitrogens with zero attached hydrogens (tertiary/aromatic N) is 1. The molecule has 0 saturated carbocycles. The van der Waals surface area contributed by atoms with Crippen LogP contribution in [0, 0.1) is 6.92 Å². The number of hydrogen-bond donors (Lipinski definition) is 2. The summed E-state index contributed by atoms with van der Waals surface area (Å²) < 4.78 is 42.4. The molecule has 6 nitrogen and oxygen atoms in total. The minimum absolute atomic E-state index is 0.0726. The van der Waals surface area contributed by atoms with Gasteiger partial charge in [0.05, 0.1) is 11.4 Å². The van der Waals surface area contributed by atoms with Gasteiger partial charge in [0.25, 0.3) is 5.91 Å². The number of aromatic hydroxyl groups is 1. The average molecular weight is 449 g/mol. The molecule has 1 aromatic heterocycles. The summed E-state index contributed by atoms with van der Waals surface area (Å²) in [5, 5.41) is 20.3. The lowest BCUT2D eigenvalue weighted by Crippen LogP contribution is -2.18. The molecule has 0 aliphatic rings. The van der Waals surface area contributed by atoms with Gasteiger partial charge < -0.3 is 14.9 Å². The molecule has 0 saturated heterocycles. The molecule has 0 radical (unpaired) electrons. The zero-order valence-electron chi connectivity index (χ0n) is 17.4. The standard InChI is InChI=1S/C23H22F3NO5/c1-3-4-5-17(22(30)31)20-13(2)27(19-11-8-15(28)12-18(19)20)21(29)14-6-9-16(10-7-14)32-23(24,25)26/h6-12,17,28H,3-5H2,1-2H3,(H,30,31)/t17-/m0/s1. The maximum Gasteiger partial charge on any atom is 0.573 e. The minimum Gasteiger partial charge on any atom is -0.508 e. The number of halogens is 3. The summed E-state index contributed by atoms with van der Waals surface area (Å²) >= 11 is 0. The van der Waals surface area contributed by atoms with Gasteiger partial charge in [-0.3, -0.25) is 14.2 Å². The van der Waals surface area contributed by atoms with Crippen LogP contribution in [0.25, 0.3) is 10.9 Å². The van der Waals surface area contributed by atoms with Gasteiger partial charge in [-0.1, -0.05) is 19.8 Å².